The Balaban J connectivity index is 1.88. The van der Waals surface area contributed by atoms with Gasteiger partial charge in [0.25, 0.3) is 0 Å². The van der Waals surface area contributed by atoms with Crippen molar-refractivity contribution in [2.24, 2.45) is 0 Å². The van der Waals surface area contributed by atoms with Crippen molar-refractivity contribution in [2.45, 2.75) is 13.5 Å². The number of hydrogen-bond acceptors (Lipinski definition) is 4. The van der Waals surface area contributed by atoms with E-state index in [1.54, 1.807) is 12.3 Å². The van der Waals surface area contributed by atoms with Crippen LogP contribution in [-0.2, 0) is 6.54 Å². The molecule has 0 amide bonds. The van der Waals surface area contributed by atoms with Crippen LogP contribution in [0.2, 0.25) is 0 Å². The lowest BCUT2D eigenvalue weighted by atomic mass is 10.4. The zero-order valence-electron chi connectivity index (χ0n) is 9.80. The van der Waals surface area contributed by atoms with Gasteiger partial charge in [0.2, 0.25) is 0 Å². The fourth-order valence-electron chi connectivity index (χ4n) is 1.39. The second-order valence-corrected chi connectivity index (χ2v) is 4.10. The molecule has 94 valence electrons. The van der Waals surface area contributed by atoms with E-state index in [-0.39, 0.29) is 5.75 Å². The number of thiocarbonyl (C=S) groups is 1. The van der Waals surface area contributed by atoms with Gasteiger partial charge >= 0.3 is 0 Å². The number of anilines is 1. The summed E-state index contributed by atoms with van der Waals surface area (Å²) in [7, 11) is 0. The summed E-state index contributed by atoms with van der Waals surface area (Å²) in [4.78, 5) is 3.97. The van der Waals surface area contributed by atoms with Crippen molar-refractivity contribution in [2.75, 3.05) is 5.32 Å². The smallest absolute Gasteiger partial charge is 0.174 e. The van der Waals surface area contributed by atoms with Gasteiger partial charge in [-0.2, -0.15) is 0 Å². The summed E-state index contributed by atoms with van der Waals surface area (Å²) in [6.07, 6.45) is 1.57. The van der Waals surface area contributed by atoms with Crippen molar-refractivity contribution in [3.05, 3.63) is 42.0 Å². The molecule has 0 saturated carbocycles. The normalized spacial score (nSPS) is 10.1. The molecule has 0 saturated heterocycles. The molecule has 0 aliphatic carbocycles. The van der Waals surface area contributed by atoms with E-state index in [0.29, 0.717) is 17.5 Å². The Hall–Kier alpha value is -2.08. The van der Waals surface area contributed by atoms with Crippen LogP contribution in [0.5, 0.6) is 5.75 Å². The van der Waals surface area contributed by atoms with Crippen LogP contribution >= 0.6 is 12.2 Å². The van der Waals surface area contributed by atoms with E-state index in [2.05, 4.69) is 15.6 Å². The molecule has 0 fully saturated rings. The van der Waals surface area contributed by atoms with E-state index in [9.17, 15) is 5.11 Å². The summed E-state index contributed by atoms with van der Waals surface area (Å²) >= 11 is 5.09. The summed E-state index contributed by atoms with van der Waals surface area (Å²) in [5, 5.41) is 15.7. The fourth-order valence-corrected chi connectivity index (χ4v) is 1.56. The highest BCUT2D eigenvalue weighted by atomic mass is 32.1. The second-order valence-electron chi connectivity index (χ2n) is 3.69. The molecule has 0 atom stereocenters. The van der Waals surface area contributed by atoms with Crippen LogP contribution in [0.1, 0.15) is 11.5 Å². The minimum Gasteiger partial charge on any atom is -0.504 e. The Bertz CT molecular complexity index is 554. The molecule has 18 heavy (non-hydrogen) atoms. The van der Waals surface area contributed by atoms with E-state index >= 15 is 0 Å². The van der Waals surface area contributed by atoms with Gasteiger partial charge in [-0.25, -0.2) is 4.98 Å². The Labute approximate surface area is 110 Å². The van der Waals surface area contributed by atoms with Crippen LogP contribution in [0, 0.1) is 6.92 Å². The van der Waals surface area contributed by atoms with Gasteiger partial charge in [0, 0.05) is 6.20 Å². The summed E-state index contributed by atoms with van der Waals surface area (Å²) < 4.78 is 5.39. The van der Waals surface area contributed by atoms with E-state index in [1.165, 1.54) is 6.07 Å². The number of rotatable bonds is 3. The molecule has 0 aliphatic rings. The largest absolute Gasteiger partial charge is 0.504 e. The zero-order valence-corrected chi connectivity index (χ0v) is 10.6. The maximum absolute atomic E-state index is 9.52. The minimum absolute atomic E-state index is 0.0514. The molecule has 0 spiro atoms. The van der Waals surface area contributed by atoms with Crippen molar-refractivity contribution >= 4 is 23.1 Å². The Morgan fingerprint density at radius 3 is 2.94 bits per heavy atom. The van der Waals surface area contributed by atoms with Crippen molar-refractivity contribution < 1.29 is 9.52 Å². The Morgan fingerprint density at radius 2 is 2.28 bits per heavy atom. The number of aromatic hydroxyl groups is 1. The van der Waals surface area contributed by atoms with Gasteiger partial charge in [0.15, 0.2) is 16.7 Å². The van der Waals surface area contributed by atoms with Crippen LogP contribution < -0.4 is 10.6 Å². The maximum atomic E-state index is 9.52. The van der Waals surface area contributed by atoms with Crippen molar-refractivity contribution in [3.63, 3.8) is 0 Å². The van der Waals surface area contributed by atoms with Gasteiger partial charge in [-0.15, -0.1) is 0 Å². The number of nitrogens with zero attached hydrogens (tertiary/aromatic N) is 1. The van der Waals surface area contributed by atoms with Gasteiger partial charge in [-0.3, -0.25) is 0 Å². The predicted octanol–water partition coefficient (Wildman–Crippen LogP) is 2.18. The van der Waals surface area contributed by atoms with E-state index < -0.39 is 0 Å². The molecule has 5 nitrogen and oxygen atoms in total. The molecule has 0 aromatic carbocycles. The first kappa shape index (κ1) is 12.4. The molecule has 2 aromatic rings. The first-order valence-corrected chi connectivity index (χ1v) is 5.80. The number of nitrogens with one attached hydrogen (secondary N) is 2. The molecule has 3 N–H and O–H groups in total. The van der Waals surface area contributed by atoms with Crippen LogP contribution in [0.25, 0.3) is 0 Å². The lowest BCUT2D eigenvalue weighted by Crippen LogP contribution is -2.28. The summed E-state index contributed by atoms with van der Waals surface area (Å²) in [5.74, 6) is 2.02. The van der Waals surface area contributed by atoms with Gasteiger partial charge < -0.3 is 20.2 Å². The first-order chi connectivity index (χ1) is 8.65. The lowest BCUT2D eigenvalue weighted by molar-refractivity contribution is 0.475. The standard InChI is InChI=1S/C12H13N3O2S/c1-8-4-5-9(17-8)7-14-12(18)15-11-10(16)3-2-6-13-11/h2-6,16H,7H2,1H3,(H2,13,14,15,18). The van der Waals surface area contributed by atoms with Crippen molar-refractivity contribution in [3.8, 4) is 5.75 Å². The third-order valence-corrected chi connectivity index (χ3v) is 2.48. The Kier molecular flexibility index (Phi) is 3.78. The van der Waals surface area contributed by atoms with Gasteiger partial charge in [-0.05, 0) is 43.4 Å². The number of aryl methyl sites for hydroxylation is 1. The second kappa shape index (κ2) is 5.50. The van der Waals surface area contributed by atoms with E-state index in [0.717, 1.165) is 11.5 Å². The summed E-state index contributed by atoms with van der Waals surface area (Å²) in [6.45, 7) is 2.36. The molecule has 2 rings (SSSR count). The molecule has 0 radical (unpaired) electrons. The number of pyridine rings is 1. The van der Waals surface area contributed by atoms with Crippen LogP contribution in [0.4, 0.5) is 5.82 Å². The summed E-state index contributed by atoms with van der Waals surface area (Å²) in [5.41, 5.74) is 0. The molecule has 6 heteroatoms. The highest BCUT2D eigenvalue weighted by molar-refractivity contribution is 7.80. The average Bonchev–Trinajstić information content (AvgIpc) is 2.76. The van der Waals surface area contributed by atoms with Crippen LogP contribution in [0.15, 0.2) is 34.9 Å². The number of furan rings is 1. The van der Waals surface area contributed by atoms with Crippen molar-refractivity contribution in [1.82, 2.24) is 10.3 Å². The minimum atomic E-state index is 0.0514. The zero-order chi connectivity index (χ0) is 13.0. The molecule has 2 heterocycles. The van der Waals surface area contributed by atoms with Gasteiger partial charge in [-0.1, -0.05) is 0 Å². The Morgan fingerprint density at radius 1 is 1.44 bits per heavy atom. The SMILES string of the molecule is Cc1ccc(CNC(=S)Nc2ncccc2O)o1. The lowest BCUT2D eigenvalue weighted by Gasteiger charge is -2.09. The highest BCUT2D eigenvalue weighted by Gasteiger charge is 2.04. The predicted molar refractivity (Wildman–Crippen MR) is 72.4 cm³/mol. The third kappa shape index (κ3) is 3.21. The van der Waals surface area contributed by atoms with Gasteiger partial charge in [0.1, 0.15) is 11.5 Å². The molecule has 0 bridgehead atoms. The average molecular weight is 263 g/mol. The molecule has 0 aliphatic heterocycles. The summed E-state index contributed by atoms with van der Waals surface area (Å²) in [6, 6.07) is 6.94. The molecule has 2 aromatic heterocycles. The monoisotopic (exact) mass is 263 g/mol. The van der Waals surface area contributed by atoms with E-state index in [1.807, 2.05) is 19.1 Å². The fraction of sp³-hybridized carbons (Fsp3) is 0.167. The first-order valence-electron chi connectivity index (χ1n) is 5.39. The maximum Gasteiger partial charge on any atom is 0.174 e. The number of hydrogen-bond donors (Lipinski definition) is 3. The quantitative estimate of drug-likeness (QED) is 0.737. The molecular formula is C12H13N3O2S. The number of aromatic nitrogens is 1. The van der Waals surface area contributed by atoms with E-state index in [4.69, 9.17) is 16.6 Å². The van der Waals surface area contributed by atoms with Crippen LogP contribution in [-0.4, -0.2) is 15.2 Å². The third-order valence-electron chi connectivity index (χ3n) is 2.24. The highest BCUT2D eigenvalue weighted by Crippen LogP contribution is 2.17. The van der Waals surface area contributed by atoms with Gasteiger partial charge in [0.05, 0.1) is 6.54 Å². The van der Waals surface area contributed by atoms with Crippen molar-refractivity contribution in [1.29, 1.82) is 0 Å². The van der Waals surface area contributed by atoms with Crippen LogP contribution in [0.3, 0.4) is 0 Å². The molecule has 0 unspecified atom stereocenters. The topological polar surface area (TPSA) is 70.3 Å². The molecular weight excluding hydrogens is 250 g/mol.